The van der Waals surface area contributed by atoms with Crippen LogP contribution in [0.4, 0.5) is 0 Å². The molecule has 0 saturated carbocycles. The molecule has 0 saturated heterocycles. The number of aliphatic hydroxyl groups is 1. The zero-order valence-corrected chi connectivity index (χ0v) is 11.4. The Morgan fingerprint density at radius 1 is 1.29 bits per heavy atom. The van der Waals surface area contributed by atoms with Crippen LogP contribution in [-0.2, 0) is 25.0 Å². The normalized spacial score (nSPS) is 17.0. The molecular weight excluding hydrogens is 210 g/mol. The van der Waals surface area contributed by atoms with Crippen molar-refractivity contribution in [1.29, 1.82) is 0 Å². The van der Waals surface area contributed by atoms with E-state index >= 15 is 0 Å². The van der Waals surface area contributed by atoms with Crippen molar-refractivity contribution in [2.24, 2.45) is 0 Å². The van der Waals surface area contributed by atoms with E-state index in [1.165, 1.54) is 16.7 Å². The van der Waals surface area contributed by atoms with Crippen LogP contribution in [0.25, 0.3) is 0 Å². The highest BCUT2D eigenvalue weighted by molar-refractivity contribution is 5.42. The van der Waals surface area contributed by atoms with E-state index in [2.05, 4.69) is 44.9 Å². The van der Waals surface area contributed by atoms with Crippen molar-refractivity contribution < 1.29 is 5.11 Å². The molecule has 2 rings (SSSR count). The summed E-state index contributed by atoms with van der Waals surface area (Å²) >= 11 is 0. The van der Waals surface area contributed by atoms with E-state index in [1.54, 1.807) is 0 Å². The molecule has 0 atom stereocenters. The van der Waals surface area contributed by atoms with E-state index in [0.717, 1.165) is 25.1 Å². The van der Waals surface area contributed by atoms with E-state index in [0.29, 0.717) is 0 Å². The maximum Gasteiger partial charge on any atom is 0.0684 e. The summed E-state index contributed by atoms with van der Waals surface area (Å²) in [4.78, 5) is 2.34. The minimum Gasteiger partial charge on any atom is -0.392 e. The Hall–Kier alpha value is -0.860. The first-order valence-electron chi connectivity index (χ1n) is 6.36. The Labute approximate surface area is 104 Å². The lowest BCUT2D eigenvalue weighted by atomic mass is 9.82. The van der Waals surface area contributed by atoms with Crippen LogP contribution < -0.4 is 0 Å². The summed E-state index contributed by atoms with van der Waals surface area (Å²) in [5.41, 5.74) is 5.37. The van der Waals surface area contributed by atoms with Crippen LogP contribution in [-0.4, -0.2) is 23.6 Å². The zero-order chi connectivity index (χ0) is 12.6. The SMILES string of the molecule is CN1CCc2c(CO)cc(C(C)(C)C)cc2C1. The highest BCUT2D eigenvalue weighted by Crippen LogP contribution is 2.30. The molecule has 0 amide bonds. The summed E-state index contributed by atoms with van der Waals surface area (Å²) in [5, 5.41) is 9.54. The number of hydrogen-bond donors (Lipinski definition) is 1. The first-order chi connectivity index (χ1) is 7.91. The first-order valence-corrected chi connectivity index (χ1v) is 6.36. The zero-order valence-electron chi connectivity index (χ0n) is 11.4. The van der Waals surface area contributed by atoms with E-state index in [9.17, 15) is 5.11 Å². The Balaban J connectivity index is 2.51. The van der Waals surface area contributed by atoms with Crippen LogP contribution in [0.1, 0.15) is 43.0 Å². The molecule has 0 fully saturated rings. The molecule has 1 aliphatic rings. The minimum atomic E-state index is 0.148. The topological polar surface area (TPSA) is 23.5 Å². The van der Waals surface area contributed by atoms with E-state index in [-0.39, 0.29) is 12.0 Å². The summed E-state index contributed by atoms with van der Waals surface area (Å²) < 4.78 is 0. The lowest BCUT2D eigenvalue weighted by Crippen LogP contribution is -2.28. The molecule has 1 aromatic carbocycles. The van der Waals surface area contributed by atoms with Crippen molar-refractivity contribution in [3.8, 4) is 0 Å². The van der Waals surface area contributed by atoms with Crippen molar-refractivity contribution in [3.05, 3.63) is 34.4 Å². The molecule has 0 aliphatic carbocycles. The van der Waals surface area contributed by atoms with Gasteiger partial charge in [-0.3, -0.25) is 0 Å². The Bertz CT molecular complexity index is 418. The molecule has 94 valence electrons. The monoisotopic (exact) mass is 233 g/mol. The number of nitrogens with zero attached hydrogens (tertiary/aromatic N) is 1. The van der Waals surface area contributed by atoms with Gasteiger partial charge in [0.2, 0.25) is 0 Å². The van der Waals surface area contributed by atoms with Gasteiger partial charge in [-0.1, -0.05) is 32.9 Å². The third kappa shape index (κ3) is 2.53. The number of fused-ring (bicyclic) bond motifs is 1. The Kier molecular flexibility index (Phi) is 3.28. The van der Waals surface area contributed by atoms with Crippen molar-refractivity contribution in [2.75, 3.05) is 13.6 Å². The molecule has 1 N–H and O–H groups in total. The largest absolute Gasteiger partial charge is 0.392 e. The molecule has 0 spiro atoms. The number of benzene rings is 1. The van der Waals surface area contributed by atoms with Crippen LogP contribution in [0.3, 0.4) is 0 Å². The fourth-order valence-electron chi connectivity index (χ4n) is 2.51. The van der Waals surface area contributed by atoms with Crippen LogP contribution in [0.15, 0.2) is 12.1 Å². The summed E-state index contributed by atoms with van der Waals surface area (Å²) in [6.07, 6.45) is 1.06. The predicted molar refractivity (Wildman–Crippen MR) is 71.1 cm³/mol. The molecule has 2 nitrogen and oxygen atoms in total. The van der Waals surface area contributed by atoms with E-state index < -0.39 is 0 Å². The molecule has 1 heterocycles. The first kappa shape index (κ1) is 12.6. The number of hydrogen-bond acceptors (Lipinski definition) is 2. The fourth-order valence-corrected chi connectivity index (χ4v) is 2.51. The van der Waals surface area contributed by atoms with Gasteiger partial charge in [0.05, 0.1) is 6.61 Å². The Morgan fingerprint density at radius 3 is 2.59 bits per heavy atom. The van der Waals surface area contributed by atoms with Gasteiger partial charge in [0, 0.05) is 13.1 Å². The smallest absolute Gasteiger partial charge is 0.0684 e. The number of rotatable bonds is 1. The fraction of sp³-hybridized carbons (Fsp3) is 0.600. The molecular formula is C15H23NO. The van der Waals surface area contributed by atoms with Crippen molar-refractivity contribution >= 4 is 0 Å². The van der Waals surface area contributed by atoms with Gasteiger partial charge in [-0.25, -0.2) is 0 Å². The van der Waals surface area contributed by atoms with Gasteiger partial charge in [0.1, 0.15) is 0 Å². The lowest BCUT2D eigenvalue weighted by Gasteiger charge is -2.29. The van der Waals surface area contributed by atoms with Gasteiger partial charge in [-0.2, -0.15) is 0 Å². The van der Waals surface area contributed by atoms with E-state index in [1.807, 2.05) is 0 Å². The maximum atomic E-state index is 9.54. The Morgan fingerprint density at radius 2 is 2.00 bits per heavy atom. The summed E-state index contributed by atoms with van der Waals surface area (Å²) in [5.74, 6) is 0. The second kappa shape index (κ2) is 4.43. The van der Waals surface area contributed by atoms with Gasteiger partial charge < -0.3 is 10.0 Å². The number of likely N-dealkylation sites (N-methyl/N-ethyl adjacent to an activating group) is 1. The summed E-state index contributed by atoms with van der Waals surface area (Å²) in [7, 11) is 2.16. The molecule has 1 aliphatic heterocycles. The molecule has 0 radical (unpaired) electrons. The van der Waals surface area contributed by atoms with E-state index in [4.69, 9.17) is 0 Å². The highest BCUT2D eigenvalue weighted by atomic mass is 16.3. The van der Waals surface area contributed by atoms with Crippen LogP contribution in [0, 0.1) is 0 Å². The quantitative estimate of drug-likeness (QED) is 0.805. The molecule has 1 aromatic rings. The second-order valence-electron chi connectivity index (χ2n) is 6.17. The van der Waals surface area contributed by atoms with Crippen LogP contribution in [0.5, 0.6) is 0 Å². The number of aliphatic hydroxyl groups excluding tert-OH is 1. The molecule has 0 unspecified atom stereocenters. The molecule has 2 heteroatoms. The minimum absolute atomic E-state index is 0.148. The van der Waals surface area contributed by atoms with Gasteiger partial charge in [0.25, 0.3) is 0 Å². The standard InChI is InChI=1S/C15H23NO/c1-15(2,3)13-7-11-9-16(4)6-5-14(11)12(8-13)10-17/h7-8,17H,5-6,9-10H2,1-4H3. The average Bonchev–Trinajstić information content (AvgIpc) is 2.25. The molecule has 0 bridgehead atoms. The summed E-state index contributed by atoms with van der Waals surface area (Å²) in [6.45, 7) is 8.93. The van der Waals surface area contributed by atoms with Crippen molar-refractivity contribution in [3.63, 3.8) is 0 Å². The van der Waals surface area contributed by atoms with Gasteiger partial charge >= 0.3 is 0 Å². The third-order valence-corrected chi connectivity index (χ3v) is 3.65. The summed E-state index contributed by atoms with van der Waals surface area (Å²) in [6, 6.07) is 4.51. The molecule has 0 aromatic heterocycles. The maximum absolute atomic E-state index is 9.54. The molecule has 17 heavy (non-hydrogen) atoms. The average molecular weight is 233 g/mol. The van der Waals surface area contributed by atoms with Crippen LogP contribution in [0.2, 0.25) is 0 Å². The predicted octanol–water partition coefficient (Wildman–Crippen LogP) is 2.46. The third-order valence-electron chi connectivity index (χ3n) is 3.65. The van der Waals surface area contributed by atoms with Gasteiger partial charge in [-0.15, -0.1) is 0 Å². The van der Waals surface area contributed by atoms with Crippen molar-refractivity contribution in [1.82, 2.24) is 4.90 Å². The van der Waals surface area contributed by atoms with Gasteiger partial charge in [0.15, 0.2) is 0 Å². The van der Waals surface area contributed by atoms with Gasteiger partial charge in [-0.05, 0) is 41.1 Å². The second-order valence-corrected chi connectivity index (χ2v) is 6.17. The lowest BCUT2D eigenvalue weighted by molar-refractivity contribution is 0.273. The van der Waals surface area contributed by atoms with Crippen LogP contribution >= 0.6 is 0 Å². The highest BCUT2D eigenvalue weighted by Gasteiger charge is 2.21. The van der Waals surface area contributed by atoms with Crippen molar-refractivity contribution in [2.45, 2.75) is 45.8 Å².